The van der Waals surface area contributed by atoms with Gasteiger partial charge in [0, 0.05) is 20.3 Å². The Balaban J connectivity index is 1.80. The lowest BCUT2D eigenvalue weighted by Gasteiger charge is -2.12. The van der Waals surface area contributed by atoms with Crippen LogP contribution in [0.5, 0.6) is 0 Å². The molecule has 0 aliphatic rings. The summed E-state index contributed by atoms with van der Waals surface area (Å²) in [4.78, 5) is 23.9. The summed E-state index contributed by atoms with van der Waals surface area (Å²) in [6, 6.07) is 11.4. The maximum absolute atomic E-state index is 12.0. The maximum Gasteiger partial charge on any atom is 0.243 e. The zero-order valence-electron chi connectivity index (χ0n) is 14.0. The third-order valence-electron chi connectivity index (χ3n) is 3.56. The van der Waals surface area contributed by atoms with Gasteiger partial charge in [0.2, 0.25) is 11.8 Å². The Morgan fingerprint density at radius 1 is 0.960 bits per heavy atom. The molecule has 0 spiro atoms. The Kier molecular flexibility index (Phi) is 7.01. The second-order valence-corrected chi connectivity index (χ2v) is 7.34. The molecule has 0 aliphatic carbocycles. The molecule has 0 unspecified atom stereocenters. The summed E-state index contributed by atoms with van der Waals surface area (Å²) in [5, 5.41) is 8.46. The first-order valence-electron chi connectivity index (χ1n) is 7.68. The molecule has 0 saturated carbocycles. The third-order valence-corrected chi connectivity index (χ3v) is 4.71. The molecule has 0 atom stereocenters. The van der Waals surface area contributed by atoms with Gasteiger partial charge in [0.15, 0.2) is 0 Å². The monoisotopic (exact) mass is 467 g/mol. The van der Waals surface area contributed by atoms with Crippen LogP contribution in [0, 0.1) is 13.8 Å². The van der Waals surface area contributed by atoms with E-state index in [1.807, 2.05) is 50.2 Å². The van der Waals surface area contributed by atoms with E-state index in [1.54, 1.807) is 0 Å². The minimum atomic E-state index is -0.258. The molecule has 132 valence electrons. The van der Waals surface area contributed by atoms with Crippen molar-refractivity contribution in [3.05, 3.63) is 56.5 Å². The van der Waals surface area contributed by atoms with Crippen molar-refractivity contribution in [3.63, 3.8) is 0 Å². The zero-order valence-corrected chi connectivity index (χ0v) is 17.1. The highest BCUT2D eigenvalue weighted by molar-refractivity contribution is 9.11. The van der Waals surface area contributed by atoms with Crippen molar-refractivity contribution < 1.29 is 9.59 Å². The van der Waals surface area contributed by atoms with Crippen LogP contribution in [-0.4, -0.2) is 24.9 Å². The van der Waals surface area contributed by atoms with Crippen molar-refractivity contribution in [2.45, 2.75) is 13.8 Å². The average molecular weight is 469 g/mol. The van der Waals surface area contributed by atoms with Crippen molar-refractivity contribution in [2.75, 3.05) is 23.7 Å². The number of hydrogen-bond donors (Lipinski definition) is 3. The molecule has 0 aromatic heterocycles. The Labute approximate surface area is 163 Å². The topological polar surface area (TPSA) is 70.2 Å². The van der Waals surface area contributed by atoms with Crippen molar-refractivity contribution in [1.82, 2.24) is 5.32 Å². The molecule has 3 N–H and O–H groups in total. The summed E-state index contributed by atoms with van der Waals surface area (Å²) < 4.78 is 1.79. The van der Waals surface area contributed by atoms with E-state index in [0.717, 1.165) is 31.4 Å². The van der Waals surface area contributed by atoms with Gasteiger partial charge in [-0.1, -0.05) is 34.1 Å². The van der Waals surface area contributed by atoms with Gasteiger partial charge < -0.3 is 16.0 Å². The molecular formula is C18H19Br2N3O2. The SMILES string of the molecule is Cc1cccc(C)c1NC(=O)CNC(=O)CNc1ccc(Br)cc1Br. The van der Waals surface area contributed by atoms with Crippen LogP contribution in [0.2, 0.25) is 0 Å². The minimum absolute atomic E-state index is 0.0736. The summed E-state index contributed by atoms with van der Waals surface area (Å²) in [5.41, 5.74) is 3.57. The van der Waals surface area contributed by atoms with E-state index in [-0.39, 0.29) is 24.9 Å². The fraction of sp³-hybridized carbons (Fsp3) is 0.222. The quantitative estimate of drug-likeness (QED) is 0.600. The van der Waals surface area contributed by atoms with E-state index in [1.165, 1.54) is 0 Å². The molecule has 0 radical (unpaired) electrons. The molecular weight excluding hydrogens is 450 g/mol. The smallest absolute Gasteiger partial charge is 0.243 e. The van der Waals surface area contributed by atoms with Gasteiger partial charge in [-0.05, 0) is 59.1 Å². The number of aryl methyl sites for hydroxylation is 2. The van der Waals surface area contributed by atoms with Crippen molar-refractivity contribution >= 4 is 55.0 Å². The molecule has 0 heterocycles. The summed E-state index contributed by atoms with van der Waals surface area (Å²) in [6.45, 7) is 3.87. The van der Waals surface area contributed by atoms with Gasteiger partial charge in [-0.3, -0.25) is 9.59 Å². The van der Waals surface area contributed by atoms with Crippen LogP contribution >= 0.6 is 31.9 Å². The fourth-order valence-corrected chi connectivity index (χ4v) is 3.43. The summed E-state index contributed by atoms with van der Waals surface area (Å²) >= 11 is 6.79. The van der Waals surface area contributed by atoms with Gasteiger partial charge in [0.1, 0.15) is 0 Å². The van der Waals surface area contributed by atoms with Crippen LogP contribution < -0.4 is 16.0 Å². The maximum atomic E-state index is 12.0. The van der Waals surface area contributed by atoms with Crippen molar-refractivity contribution in [3.8, 4) is 0 Å². The molecule has 2 aromatic carbocycles. The van der Waals surface area contributed by atoms with Crippen LogP contribution in [0.1, 0.15) is 11.1 Å². The van der Waals surface area contributed by atoms with E-state index in [2.05, 4.69) is 47.8 Å². The average Bonchev–Trinajstić information content (AvgIpc) is 2.55. The first kappa shape index (κ1) is 19.5. The predicted molar refractivity (Wildman–Crippen MR) is 108 cm³/mol. The van der Waals surface area contributed by atoms with Gasteiger partial charge in [-0.2, -0.15) is 0 Å². The molecule has 0 aliphatic heterocycles. The number of para-hydroxylation sites is 1. The number of carbonyl (C=O) groups is 2. The summed E-state index contributed by atoms with van der Waals surface area (Å²) in [5.74, 6) is -0.512. The van der Waals surface area contributed by atoms with E-state index < -0.39 is 0 Å². The second-order valence-electron chi connectivity index (χ2n) is 5.57. The van der Waals surface area contributed by atoms with E-state index >= 15 is 0 Å². The molecule has 0 fully saturated rings. The number of anilines is 2. The van der Waals surface area contributed by atoms with E-state index in [9.17, 15) is 9.59 Å². The molecule has 25 heavy (non-hydrogen) atoms. The van der Waals surface area contributed by atoms with E-state index in [4.69, 9.17) is 0 Å². The standard InChI is InChI=1S/C18H19Br2N3O2/c1-11-4-3-5-12(2)18(11)23-17(25)10-22-16(24)9-21-15-7-6-13(19)8-14(15)20/h3-8,21H,9-10H2,1-2H3,(H,22,24)(H,23,25). The largest absolute Gasteiger partial charge is 0.375 e. The molecule has 2 aromatic rings. The summed E-state index contributed by atoms with van der Waals surface area (Å²) in [7, 11) is 0. The molecule has 7 heteroatoms. The van der Waals surface area contributed by atoms with Crippen LogP contribution in [-0.2, 0) is 9.59 Å². The number of halogens is 2. The first-order chi connectivity index (χ1) is 11.9. The highest BCUT2D eigenvalue weighted by Gasteiger charge is 2.09. The summed E-state index contributed by atoms with van der Waals surface area (Å²) in [6.07, 6.45) is 0. The molecule has 0 saturated heterocycles. The number of rotatable bonds is 6. The number of nitrogens with one attached hydrogen (secondary N) is 3. The molecule has 2 amide bonds. The number of amides is 2. The Bertz CT molecular complexity index is 774. The number of carbonyl (C=O) groups excluding carboxylic acids is 2. The highest BCUT2D eigenvalue weighted by Crippen LogP contribution is 2.25. The second kappa shape index (κ2) is 9.01. The number of benzene rings is 2. The van der Waals surface area contributed by atoms with Crippen LogP contribution in [0.4, 0.5) is 11.4 Å². The highest BCUT2D eigenvalue weighted by atomic mass is 79.9. The van der Waals surface area contributed by atoms with Crippen LogP contribution in [0.15, 0.2) is 45.3 Å². The van der Waals surface area contributed by atoms with Gasteiger partial charge in [0.05, 0.1) is 13.1 Å². The Morgan fingerprint density at radius 2 is 1.64 bits per heavy atom. The lowest BCUT2D eigenvalue weighted by Crippen LogP contribution is -2.36. The molecule has 2 rings (SSSR count). The van der Waals surface area contributed by atoms with Gasteiger partial charge in [-0.15, -0.1) is 0 Å². The molecule has 0 bridgehead atoms. The fourth-order valence-electron chi connectivity index (χ4n) is 2.24. The minimum Gasteiger partial charge on any atom is -0.375 e. The van der Waals surface area contributed by atoms with Gasteiger partial charge in [-0.25, -0.2) is 0 Å². The van der Waals surface area contributed by atoms with Crippen molar-refractivity contribution in [2.24, 2.45) is 0 Å². The van der Waals surface area contributed by atoms with E-state index in [0.29, 0.717) is 0 Å². The normalized spacial score (nSPS) is 10.2. The third kappa shape index (κ3) is 5.86. The molecule has 5 nitrogen and oxygen atoms in total. The lowest BCUT2D eigenvalue weighted by atomic mass is 10.1. The number of hydrogen-bond acceptors (Lipinski definition) is 3. The van der Waals surface area contributed by atoms with Crippen LogP contribution in [0.3, 0.4) is 0 Å². The Morgan fingerprint density at radius 3 is 2.28 bits per heavy atom. The zero-order chi connectivity index (χ0) is 18.4. The first-order valence-corrected chi connectivity index (χ1v) is 9.27. The van der Waals surface area contributed by atoms with Crippen molar-refractivity contribution in [1.29, 1.82) is 0 Å². The van der Waals surface area contributed by atoms with Crippen LogP contribution in [0.25, 0.3) is 0 Å². The predicted octanol–water partition coefficient (Wildman–Crippen LogP) is 4.00. The van der Waals surface area contributed by atoms with Gasteiger partial charge in [0.25, 0.3) is 0 Å². The lowest BCUT2D eigenvalue weighted by molar-refractivity contribution is -0.122. The van der Waals surface area contributed by atoms with Gasteiger partial charge >= 0.3 is 0 Å². The Hall–Kier alpha value is -1.86.